The summed E-state index contributed by atoms with van der Waals surface area (Å²) < 4.78 is 10.5. The first-order valence-corrected chi connectivity index (χ1v) is 5.74. The van der Waals surface area contributed by atoms with Crippen LogP contribution in [0.15, 0.2) is 30.3 Å². The molecule has 0 fully saturated rings. The fourth-order valence-electron chi connectivity index (χ4n) is 1.56. The summed E-state index contributed by atoms with van der Waals surface area (Å²) in [6.45, 7) is 0. The summed E-state index contributed by atoms with van der Waals surface area (Å²) in [6, 6.07) is 7.11. The SMILES string of the molecule is COc1cccc(C(=O)O)c1Oc1ccc(C(N)=O)nn1. The molecule has 2 rings (SSSR count). The molecule has 1 heterocycles. The van der Waals surface area contributed by atoms with Crippen molar-refractivity contribution in [2.45, 2.75) is 0 Å². The average molecular weight is 289 g/mol. The molecule has 0 aliphatic carbocycles. The highest BCUT2D eigenvalue weighted by atomic mass is 16.5. The van der Waals surface area contributed by atoms with Crippen molar-refractivity contribution in [2.24, 2.45) is 5.73 Å². The number of hydrogen-bond acceptors (Lipinski definition) is 6. The summed E-state index contributed by atoms with van der Waals surface area (Å²) in [7, 11) is 1.38. The van der Waals surface area contributed by atoms with Gasteiger partial charge in [-0.25, -0.2) is 4.79 Å². The molecule has 0 radical (unpaired) electrons. The Balaban J connectivity index is 2.38. The number of benzene rings is 1. The van der Waals surface area contributed by atoms with Crippen molar-refractivity contribution < 1.29 is 24.2 Å². The number of para-hydroxylation sites is 1. The molecule has 1 aromatic heterocycles. The van der Waals surface area contributed by atoms with Gasteiger partial charge in [0.25, 0.3) is 5.91 Å². The van der Waals surface area contributed by atoms with Crippen LogP contribution in [0.3, 0.4) is 0 Å². The van der Waals surface area contributed by atoms with E-state index in [1.165, 1.54) is 31.4 Å². The van der Waals surface area contributed by atoms with Gasteiger partial charge in [0.1, 0.15) is 5.56 Å². The molecular formula is C13H11N3O5. The molecule has 2 aromatic rings. The third-order valence-electron chi connectivity index (χ3n) is 2.53. The Morgan fingerprint density at radius 1 is 1.19 bits per heavy atom. The van der Waals surface area contributed by atoms with Crippen molar-refractivity contribution >= 4 is 11.9 Å². The smallest absolute Gasteiger partial charge is 0.339 e. The van der Waals surface area contributed by atoms with E-state index in [1.807, 2.05) is 0 Å². The summed E-state index contributed by atoms with van der Waals surface area (Å²) in [4.78, 5) is 22.1. The number of ether oxygens (including phenoxy) is 2. The van der Waals surface area contributed by atoms with E-state index in [0.717, 1.165) is 0 Å². The number of carboxylic acid groups (broad SMARTS) is 1. The maximum absolute atomic E-state index is 11.2. The van der Waals surface area contributed by atoms with Crippen LogP contribution in [0.5, 0.6) is 17.4 Å². The molecule has 0 saturated carbocycles. The third-order valence-corrected chi connectivity index (χ3v) is 2.53. The van der Waals surface area contributed by atoms with Crippen LogP contribution in [0.4, 0.5) is 0 Å². The molecule has 21 heavy (non-hydrogen) atoms. The number of aromatic carboxylic acids is 1. The van der Waals surface area contributed by atoms with Gasteiger partial charge in [0.15, 0.2) is 17.2 Å². The van der Waals surface area contributed by atoms with Crippen LogP contribution in [0.2, 0.25) is 0 Å². The molecule has 108 valence electrons. The minimum absolute atomic E-state index is 0.00590. The lowest BCUT2D eigenvalue weighted by atomic mass is 10.2. The van der Waals surface area contributed by atoms with Gasteiger partial charge in [-0.2, -0.15) is 0 Å². The van der Waals surface area contributed by atoms with Gasteiger partial charge in [0.05, 0.1) is 7.11 Å². The lowest BCUT2D eigenvalue weighted by Crippen LogP contribution is -2.13. The minimum atomic E-state index is -1.18. The lowest BCUT2D eigenvalue weighted by Gasteiger charge is -2.11. The normalized spacial score (nSPS) is 9.95. The largest absolute Gasteiger partial charge is 0.493 e. The Hall–Kier alpha value is -3.16. The van der Waals surface area contributed by atoms with Crippen LogP contribution in [0, 0.1) is 0 Å². The Kier molecular flexibility index (Phi) is 3.98. The molecule has 1 amide bonds. The van der Waals surface area contributed by atoms with Crippen LogP contribution in [-0.4, -0.2) is 34.3 Å². The topological polar surface area (TPSA) is 125 Å². The quantitative estimate of drug-likeness (QED) is 0.843. The van der Waals surface area contributed by atoms with Crippen molar-refractivity contribution in [1.29, 1.82) is 0 Å². The number of nitrogens with two attached hydrogens (primary N) is 1. The fraction of sp³-hybridized carbons (Fsp3) is 0.0769. The van der Waals surface area contributed by atoms with E-state index in [1.54, 1.807) is 6.07 Å². The Labute approximate surface area is 119 Å². The predicted octanol–water partition coefficient (Wildman–Crippen LogP) is 1.07. The molecule has 0 saturated heterocycles. The van der Waals surface area contributed by atoms with Crippen LogP contribution in [-0.2, 0) is 0 Å². The number of carbonyl (C=O) groups excluding carboxylic acids is 1. The molecule has 8 heteroatoms. The van der Waals surface area contributed by atoms with E-state index in [4.69, 9.17) is 20.3 Å². The summed E-state index contributed by atoms with van der Waals surface area (Å²) in [5.74, 6) is -1.67. The van der Waals surface area contributed by atoms with Crippen LogP contribution in [0.1, 0.15) is 20.8 Å². The zero-order valence-corrected chi connectivity index (χ0v) is 10.9. The van der Waals surface area contributed by atoms with Crippen molar-refractivity contribution in [2.75, 3.05) is 7.11 Å². The number of amides is 1. The number of aromatic nitrogens is 2. The number of hydrogen-bond donors (Lipinski definition) is 2. The Morgan fingerprint density at radius 2 is 1.95 bits per heavy atom. The van der Waals surface area contributed by atoms with E-state index in [9.17, 15) is 9.59 Å². The molecule has 0 atom stereocenters. The summed E-state index contributed by atoms with van der Waals surface area (Å²) >= 11 is 0. The minimum Gasteiger partial charge on any atom is -0.493 e. The number of rotatable bonds is 5. The number of primary amides is 1. The average Bonchev–Trinajstić information content (AvgIpc) is 2.47. The Morgan fingerprint density at radius 3 is 2.48 bits per heavy atom. The summed E-state index contributed by atoms with van der Waals surface area (Å²) in [5.41, 5.74) is 4.93. The zero-order chi connectivity index (χ0) is 15.4. The molecule has 1 aromatic carbocycles. The van der Waals surface area contributed by atoms with Crippen LogP contribution >= 0.6 is 0 Å². The second-order valence-electron chi connectivity index (χ2n) is 3.87. The fourth-order valence-corrected chi connectivity index (χ4v) is 1.56. The number of methoxy groups -OCH3 is 1. The van der Waals surface area contributed by atoms with Crippen molar-refractivity contribution in [3.05, 3.63) is 41.6 Å². The summed E-state index contributed by atoms with van der Waals surface area (Å²) in [6.07, 6.45) is 0. The molecule has 0 aliphatic heterocycles. The van der Waals surface area contributed by atoms with Crippen molar-refractivity contribution in [1.82, 2.24) is 10.2 Å². The van der Waals surface area contributed by atoms with Gasteiger partial charge in [0.2, 0.25) is 5.88 Å². The highest BCUT2D eigenvalue weighted by Gasteiger charge is 2.18. The lowest BCUT2D eigenvalue weighted by molar-refractivity contribution is 0.0693. The summed E-state index contributed by atoms with van der Waals surface area (Å²) in [5, 5.41) is 16.4. The standard InChI is InChI=1S/C13H11N3O5/c1-20-9-4-2-3-7(13(18)19)11(9)21-10-6-5-8(12(14)17)15-16-10/h2-6H,1H3,(H2,14,17)(H,18,19). The number of carbonyl (C=O) groups is 2. The second kappa shape index (κ2) is 5.87. The van der Waals surface area contributed by atoms with E-state index in [2.05, 4.69) is 10.2 Å². The number of carboxylic acids is 1. The van der Waals surface area contributed by atoms with Gasteiger partial charge in [-0.15, -0.1) is 10.2 Å². The number of nitrogens with zero attached hydrogens (tertiary/aromatic N) is 2. The van der Waals surface area contributed by atoms with E-state index >= 15 is 0 Å². The first-order chi connectivity index (χ1) is 10.0. The molecule has 0 bridgehead atoms. The molecule has 8 nitrogen and oxygen atoms in total. The van der Waals surface area contributed by atoms with Gasteiger partial charge in [-0.1, -0.05) is 6.07 Å². The first kappa shape index (κ1) is 14.3. The molecular weight excluding hydrogens is 278 g/mol. The first-order valence-electron chi connectivity index (χ1n) is 5.74. The van der Waals surface area contributed by atoms with Gasteiger partial charge in [0, 0.05) is 6.07 Å². The van der Waals surface area contributed by atoms with Crippen LogP contribution < -0.4 is 15.2 Å². The molecule has 0 aliphatic rings. The van der Waals surface area contributed by atoms with Crippen molar-refractivity contribution in [3.8, 4) is 17.4 Å². The third kappa shape index (κ3) is 3.06. The van der Waals surface area contributed by atoms with Crippen molar-refractivity contribution in [3.63, 3.8) is 0 Å². The van der Waals surface area contributed by atoms with Gasteiger partial charge in [-0.05, 0) is 18.2 Å². The molecule has 0 spiro atoms. The van der Waals surface area contributed by atoms with E-state index < -0.39 is 11.9 Å². The van der Waals surface area contributed by atoms with E-state index in [-0.39, 0.29) is 28.6 Å². The van der Waals surface area contributed by atoms with E-state index in [0.29, 0.717) is 0 Å². The van der Waals surface area contributed by atoms with Gasteiger partial charge in [-0.3, -0.25) is 4.79 Å². The second-order valence-corrected chi connectivity index (χ2v) is 3.87. The maximum atomic E-state index is 11.2. The zero-order valence-electron chi connectivity index (χ0n) is 10.9. The van der Waals surface area contributed by atoms with Gasteiger partial charge >= 0.3 is 5.97 Å². The maximum Gasteiger partial charge on any atom is 0.339 e. The monoisotopic (exact) mass is 289 g/mol. The Bertz CT molecular complexity index is 685. The molecule has 3 N–H and O–H groups in total. The highest BCUT2D eigenvalue weighted by Crippen LogP contribution is 2.34. The van der Waals surface area contributed by atoms with Gasteiger partial charge < -0.3 is 20.3 Å². The predicted molar refractivity (Wildman–Crippen MR) is 70.6 cm³/mol. The van der Waals surface area contributed by atoms with Crippen LogP contribution in [0.25, 0.3) is 0 Å². The highest BCUT2D eigenvalue weighted by molar-refractivity contribution is 5.92. The molecule has 0 unspecified atom stereocenters.